The Labute approximate surface area is 84.4 Å². The molecule has 0 fully saturated rings. The van der Waals surface area contributed by atoms with Crippen LogP contribution in [0.25, 0.3) is 0 Å². The molecular formula is C9H8FN3O2. The molecule has 1 aromatic rings. The zero-order chi connectivity index (χ0) is 11.0. The van der Waals surface area contributed by atoms with E-state index in [-0.39, 0.29) is 5.84 Å². The molecule has 1 unspecified atom stereocenters. The second kappa shape index (κ2) is 3.23. The van der Waals surface area contributed by atoms with Crippen LogP contribution in [0.2, 0.25) is 0 Å². The highest BCUT2D eigenvalue weighted by molar-refractivity contribution is 6.03. The van der Waals surface area contributed by atoms with E-state index in [2.05, 4.69) is 10.3 Å². The summed E-state index contributed by atoms with van der Waals surface area (Å²) in [6.45, 7) is 0. The standard InChI is InChI=1S/C9H8FN3O2/c10-5-3-4(1-2-6(5)14)7-8(11)13-9(15)12-7/h1-3,7,14H,(H3,11,12,13,15). The number of halogens is 1. The van der Waals surface area contributed by atoms with Gasteiger partial charge in [0, 0.05) is 0 Å². The van der Waals surface area contributed by atoms with Crippen molar-refractivity contribution in [3.8, 4) is 5.75 Å². The van der Waals surface area contributed by atoms with Crippen LogP contribution in [-0.2, 0) is 0 Å². The first kappa shape index (κ1) is 9.45. The van der Waals surface area contributed by atoms with Gasteiger partial charge in [-0.3, -0.25) is 0 Å². The normalized spacial score (nSPS) is 19.9. The Balaban J connectivity index is 2.35. The number of hydrogen-bond acceptors (Lipinski definition) is 3. The van der Waals surface area contributed by atoms with Crippen LogP contribution in [0.3, 0.4) is 0 Å². The van der Waals surface area contributed by atoms with Gasteiger partial charge in [-0.1, -0.05) is 6.07 Å². The van der Waals surface area contributed by atoms with Crippen LogP contribution in [0.15, 0.2) is 23.2 Å². The summed E-state index contributed by atoms with van der Waals surface area (Å²) >= 11 is 0. The minimum Gasteiger partial charge on any atom is -0.505 e. The lowest BCUT2D eigenvalue weighted by Crippen LogP contribution is -2.27. The molecule has 0 aromatic heterocycles. The van der Waals surface area contributed by atoms with Gasteiger partial charge in [0.05, 0.1) is 0 Å². The first-order valence-corrected chi connectivity index (χ1v) is 4.21. The Morgan fingerprint density at radius 1 is 1.53 bits per heavy atom. The molecule has 0 radical (unpaired) electrons. The van der Waals surface area contributed by atoms with Crippen LogP contribution in [0, 0.1) is 5.82 Å². The first-order chi connectivity index (χ1) is 7.08. The lowest BCUT2D eigenvalue weighted by Gasteiger charge is -2.10. The average Bonchev–Trinajstić information content (AvgIpc) is 2.50. The van der Waals surface area contributed by atoms with Crippen LogP contribution >= 0.6 is 0 Å². The van der Waals surface area contributed by atoms with Crippen molar-refractivity contribution in [2.45, 2.75) is 6.04 Å². The highest BCUT2D eigenvalue weighted by Crippen LogP contribution is 2.22. The predicted molar refractivity (Wildman–Crippen MR) is 51.0 cm³/mol. The third kappa shape index (κ3) is 1.61. The van der Waals surface area contributed by atoms with E-state index in [1.807, 2.05) is 0 Å². The Morgan fingerprint density at radius 3 is 2.80 bits per heavy atom. The summed E-state index contributed by atoms with van der Waals surface area (Å²) in [6.07, 6.45) is 0. The van der Waals surface area contributed by atoms with Crippen LogP contribution in [0.4, 0.5) is 9.18 Å². The number of phenolic OH excluding ortho intramolecular Hbond substituents is 1. The monoisotopic (exact) mass is 209 g/mol. The molecule has 1 atom stereocenters. The molecular weight excluding hydrogens is 201 g/mol. The number of carbonyl (C=O) groups is 1. The van der Waals surface area contributed by atoms with Crippen molar-refractivity contribution < 1.29 is 14.3 Å². The Morgan fingerprint density at radius 2 is 2.27 bits per heavy atom. The molecule has 0 aliphatic carbocycles. The van der Waals surface area contributed by atoms with Gasteiger partial charge in [0.2, 0.25) is 0 Å². The molecule has 2 amide bonds. The number of nitrogens with one attached hydrogen (secondary N) is 1. The lowest BCUT2D eigenvalue weighted by atomic mass is 10.1. The number of aliphatic imine (C=N–C) groups is 1. The zero-order valence-electron chi connectivity index (χ0n) is 7.57. The average molecular weight is 209 g/mol. The molecule has 1 aliphatic heterocycles. The van der Waals surface area contributed by atoms with E-state index in [1.54, 1.807) is 0 Å². The highest BCUT2D eigenvalue weighted by atomic mass is 19.1. The summed E-state index contributed by atoms with van der Waals surface area (Å²) in [5, 5.41) is 11.4. The van der Waals surface area contributed by atoms with Gasteiger partial charge in [0.1, 0.15) is 11.9 Å². The van der Waals surface area contributed by atoms with Crippen LogP contribution in [0.5, 0.6) is 5.75 Å². The van der Waals surface area contributed by atoms with E-state index < -0.39 is 23.6 Å². The number of amides is 2. The fourth-order valence-electron chi connectivity index (χ4n) is 1.37. The van der Waals surface area contributed by atoms with Crippen molar-refractivity contribution in [2.24, 2.45) is 10.7 Å². The number of hydrogen-bond donors (Lipinski definition) is 3. The summed E-state index contributed by atoms with van der Waals surface area (Å²) in [7, 11) is 0. The highest BCUT2D eigenvalue weighted by Gasteiger charge is 2.25. The van der Waals surface area contributed by atoms with Gasteiger partial charge in [0.15, 0.2) is 11.6 Å². The molecule has 1 aliphatic rings. The van der Waals surface area contributed by atoms with Gasteiger partial charge >= 0.3 is 6.03 Å². The Hall–Kier alpha value is -2.11. The molecule has 0 saturated carbocycles. The number of nitrogens with zero attached hydrogens (tertiary/aromatic N) is 1. The molecule has 6 heteroatoms. The minimum absolute atomic E-state index is 0.0880. The summed E-state index contributed by atoms with van der Waals surface area (Å²) < 4.78 is 13.0. The number of phenols is 1. The number of urea groups is 1. The molecule has 4 N–H and O–H groups in total. The zero-order valence-corrected chi connectivity index (χ0v) is 7.57. The van der Waals surface area contributed by atoms with Gasteiger partial charge in [-0.25, -0.2) is 9.18 Å². The van der Waals surface area contributed by atoms with E-state index in [4.69, 9.17) is 10.8 Å². The molecule has 2 rings (SSSR count). The van der Waals surface area contributed by atoms with E-state index in [0.717, 1.165) is 6.07 Å². The van der Waals surface area contributed by atoms with Crippen molar-refractivity contribution in [2.75, 3.05) is 0 Å². The van der Waals surface area contributed by atoms with Crippen molar-refractivity contribution in [1.82, 2.24) is 5.32 Å². The number of rotatable bonds is 1. The maximum Gasteiger partial charge on any atom is 0.343 e. The number of aromatic hydroxyl groups is 1. The molecule has 1 heterocycles. The maximum absolute atomic E-state index is 13.0. The smallest absolute Gasteiger partial charge is 0.343 e. The van der Waals surface area contributed by atoms with Crippen molar-refractivity contribution in [1.29, 1.82) is 0 Å². The first-order valence-electron chi connectivity index (χ1n) is 4.21. The van der Waals surface area contributed by atoms with E-state index in [9.17, 15) is 9.18 Å². The van der Waals surface area contributed by atoms with E-state index >= 15 is 0 Å². The second-order valence-electron chi connectivity index (χ2n) is 3.13. The summed E-state index contributed by atoms with van der Waals surface area (Å²) in [5.74, 6) is -1.12. The van der Waals surface area contributed by atoms with Gasteiger partial charge in [0.25, 0.3) is 0 Å². The van der Waals surface area contributed by atoms with Crippen LogP contribution < -0.4 is 11.1 Å². The van der Waals surface area contributed by atoms with Crippen molar-refractivity contribution in [3.63, 3.8) is 0 Å². The van der Waals surface area contributed by atoms with Crippen molar-refractivity contribution in [3.05, 3.63) is 29.6 Å². The SMILES string of the molecule is NC1=NC(=O)NC1c1ccc(O)c(F)c1. The Bertz CT molecular complexity index is 459. The summed E-state index contributed by atoms with van der Waals surface area (Å²) in [5.41, 5.74) is 5.91. The van der Waals surface area contributed by atoms with E-state index in [0.29, 0.717) is 5.56 Å². The Kier molecular flexibility index (Phi) is 2.03. The number of benzene rings is 1. The third-order valence-corrected chi connectivity index (χ3v) is 2.10. The second-order valence-corrected chi connectivity index (χ2v) is 3.13. The predicted octanol–water partition coefficient (Wildman–Crippen LogP) is 0.653. The van der Waals surface area contributed by atoms with Gasteiger partial charge in [-0.05, 0) is 17.7 Å². The third-order valence-electron chi connectivity index (χ3n) is 2.10. The maximum atomic E-state index is 13.0. The summed E-state index contributed by atoms with van der Waals surface area (Å²) in [6, 6.07) is 2.60. The van der Waals surface area contributed by atoms with Crippen LogP contribution in [-0.4, -0.2) is 17.0 Å². The van der Waals surface area contributed by atoms with Crippen LogP contribution in [0.1, 0.15) is 11.6 Å². The lowest BCUT2D eigenvalue weighted by molar-refractivity contribution is 0.250. The van der Waals surface area contributed by atoms with Gasteiger partial charge in [-0.15, -0.1) is 0 Å². The molecule has 0 saturated heterocycles. The fraction of sp³-hybridized carbons (Fsp3) is 0.111. The largest absolute Gasteiger partial charge is 0.505 e. The molecule has 0 bridgehead atoms. The molecule has 15 heavy (non-hydrogen) atoms. The topological polar surface area (TPSA) is 87.7 Å². The minimum atomic E-state index is -0.763. The van der Waals surface area contributed by atoms with Gasteiger partial charge < -0.3 is 16.2 Å². The molecule has 78 valence electrons. The molecule has 0 spiro atoms. The quantitative estimate of drug-likeness (QED) is 0.634. The molecule has 5 nitrogen and oxygen atoms in total. The molecule has 1 aromatic carbocycles. The number of carbonyl (C=O) groups excluding carboxylic acids is 1. The fourth-order valence-corrected chi connectivity index (χ4v) is 1.37. The number of nitrogens with two attached hydrogens (primary N) is 1. The van der Waals surface area contributed by atoms with Gasteiger partial charge in [-0.2, -0.15) is 4.99 Å². The van der Waals surface area contributed by atoms with Crippen molar-refractivity contribution >= 4 is 11.9 Å². The number of amidine groups is 1. The van der Waals surface area contributed by atoms with E-state index in [1.165, 1.54) is 12.1 Å². The summed E-state index contributed by atoms with van der Waals surface area (Å²) in [4.78, 5) is 14.3.